The zero-order chi connectivity index (χ0) is 23.8. The van der Waals surface area contributed by atoms with E-state index in [0.29, 0.717) is 12.2 Å². The second kappa shape index (κ2) is 11.8. The number of fused-ring (bicyclic) bond motifs is 1. The number of piperidine rings is 1. The van der Waals surface area contributed by atoms with Crippen LogP contribution >= 0.6 is 7.60 Å². The second-order valence-electron chi connectivity index (χ2n) is 7.86. The molecule has 0 N–H and O–H groups in total. The third-order valence-electron chi connectivity index (χ3n) is 5.86. The van der Waals surface area contributed by atoms with Crippen LogP contribution in [0.25, 0.3) is 10.9 Å². The van der Waals surface area contributed by atoms with Gasteiger partial charge in [-0.1, -0.05) is 6.07 Å². The van der Waals surface area contributed by atoms with E-state index >= 15 is 0 Å². The zero-order valence-electron chi connectivity index (χ0n) is 19.9. The summed E-state index contributed by atoms with van der Waals surface area (Å²) in [5.74, 6) is 1.26. The highest BCUT2D eigenvalue weighted by Crippen LogP contribution is 2.56. The van der Waals surface area contributed by atoms with Crippen molar-refractivity contribution in [2.75, 3.05) is 44.9 Å². The molecule has 10 heteroatoms. The largest absolute Gasteiger partial charge is 0.494 e. The van der Waals surface area contributed by atoms with Crippen LogP contribution in [0.1, 0.15) is 40.0 Å². The number of hydrogen-bond acceptors (Lipinski definition) is 9. The number of carbonyl (C=O) groups excluding carboxylic acids is 1. The fourth-order valence-corrected chi connectivity index (χ4v) is 6.37. The Morgan fingerprint density at radius 1 is 1.12 bits per heavy atom. The van der Waals surface area contributed by atoms with E-state index in [1.54, 1.807) is 34.2 Å². The van der Waals surface area contributed by atoms with Gasteiger partial charge in [-0.2, -0.15) is 0 Å². The first-order valence-corrected chi connectivity index (χ1v) is 13.2. The molecule has 182 valence electrons. The van der Waals surface area contributed by atoms with Gasteiger partial charge in [0, 0.05) is 18.5 Å². The van der Waals surface area contributed by atoms with Crippen molar-refractivity contribution >= 4 is 30.3 Å². The van der Waals surface area contributed by atoms with Crippen molar-refractivity contribution in [1.29, 1.82) is 0 Å². The molecule has 1 aliphatic heterocycles. The molecule has 1 atom stereocenters. The minimum Gasteiger partial charge on any atom is -0.494 e. The number of para-hydroxylation sites is 1. The number of nitrogens with zero attached hydrogens (tertiary/aromatic N) is 3. The molecule has 0 aliphatic carbocycles. The average Bonchev–Trinajstić information content (AvgIpc) is 2.82. The number of benzene rings is 1. The summed E-state index contributed by atoms with van der Waals surface area (Å²) >= 11 is 0. The summed E-state index contributed by atoms with van der Waals surface area (Å²) in [6.07, 6.45) is 3.61. The molecule has 0 radical (unpaired) electrons. The number of esters is 1. The average molecular weight is 480 g/mol. The van der Waals surface area contributed by atoms with Crippen LogP contribution in [0.4, 0.5) is 5.82 Å². The maximum absolute atomic E-state index is 13.4. The lowest BCUT2D eigenvalue weighted by Gasteiger charge is -2.35. The number of ether oxygens (including phenoxy) is 2. The van der Waals surface area contributed by atoms with Crippen molar-refractivity contribution in [1.82, 2.24) is 9.97 Å². The van der Waals surface area contributed by atoms with Gasteiger partial charge in [0.25, 0.3) is 0 Å². The molecule has 9 nitrogen and oxygen atoms in total. The minimum atomic E-state index is -3.62. The highest BCUT2D eigenvalue weighted by Gasteiger charge is 2.43. The van der Waals surface area contributed by atoms with E-state index in [1.165, 1.54) is 0 Å². The number of aromatic nitrogens is 2. The number of anilines is 1. The van der Waals surface area contributed by atoms with Gasteiger partial charge in [0.05, 0.1) is 26.9 Å². The molecule has 0 saturated carbocycles. The number of hydrogen-bond donors (Lipinski definition) is 0. The zero-order valence-corrected chi connectivity index (χ0v) is 20.8. The molecule has 1 unspecified atom stereocenters. The second-order valence-corrected chi connectivity index (χ2v) is 10.1. The normalized spacial score (nSPS) is 16.1. The number of carbonyl (C=O) groups is 1. The highest BCUT2D eigenvalue weighted by molar-refractivity contribution is 7.55. The van der Waals surface area contributed by atoms with Crippen LogP contribution in [0, 0.1) is 5.92 Å². The van der Waals surface area contributed by atoms with E-state index in [0.717, 1.165) is 42.7 Å². The molecule has 1 fully saturated rings. The van der Waals surface area contributed by atoms with Gasteiger partial charge in [-0.15, -0.1) is 0 Å². The monoisotopic (exact) mass is 479 g/mol. The van der Waals surface area contributed by atoms with Crippen LogP contribution < -0.4 is 9.64 Å². The third-order valence-corrected chi connectivity index (χ3v) is 8.28. The topological polar surface area (TPSA) is 100 Å². The van der Waals surface area contributed by atoms with Gasteiger partial charge in [-0.05, 0) is 58.1 Å². The lowest BCUT2D eigenvalue weighted by atomic mass is 9.92. The third kappa shape index (κ3) is 5.83. The Kier molecular flexibility index (Phi) is 9.06. The van der Waals surface area contributed by atoms with Crippen molar-refractivity contribution in [3.05, 3.63) is 24.5 Å². The molecule has 0 amide bonds. The van der Waals surface area contributed by atoms with Crippen molar-refractivity contribution < 1.29 is 27.9 Å². The first-order chi connectivity index (χ1) is 16.0. The van der Waals surface area contributed by atoms with Crippen molar-refractivity contribution in [3.8, 4) is 5.75 Å². The maximum atomic E-state index is 13.4. The molecule has 1 aromatic heterocycles. The lowest BCUT2D eigenvalue weighted by Crippen LogP contribution is -2.37. The minimum absolute atomic E-state index is 0.188. The van der Waals surface area contributed by atoms with E-state index in [9.17, 15) is 9.36 Å². The molecule has 2 aromatic rings. The van der Waals surface area contributed by atoms with Crippen molar-refractivity contribution in [2.24, 2.45) is 5.92 Å². The number of rotatable bonds is 11. The Morgan fingerprint density at radius 3 is 2.42 bits per heavy atom. The van der Waals surface area contributed by atoms with Gasteiger partial charge in [-0.3, -0.25) is 9.36 Å². The van der Waals surface area contributed by atoms with Crippen molar-refractivity contribution in [2.45, 2.75) is 45.7 Å². The fourth-order valence-electron chi connectivity index (χ4n) is 4.33. The molecule has 3 rings (SSSR count). The Morgan fingerprint density at radius 2 is 1.82 bits per heavy atom. The van der Waals surface area contributed by atoms with Gasteiger partial charge in [0.1, 0.15) is 23.4 Å². The van der Waals surface area contributed by atoms with E-state index in [4.69, 9.17) is 18.5 Å². The molecular weight excluding hydrogens is 445 g/mol. The smallest absolute Gasteiger partial charge is 0.344 e. The van der Waals surface area contributed by atoms with Crippen LogP contribution in [-0.4, -0.2) is 61.6 Å². The summed E-state index contributed by atoms with van der Waals surface area (Å²) in [5, 5.41) is 0.942. The molecule has 0 bridgehead atoms. The molecule has 33 heavy (non-hydrogen) atoms. The predicted octanol–water partition coefficient (Wildman–Crippen LogP) is 4.44. The molecule has 0 spiro atoms. The standard InChI is InChI=1S/C23H34N3O6P/c1-5-30-23(27)20(33(28,31-6-2)32-7-3)15-17-11-13-26(14-12-17)22-18-9-8-10-19(29-4)21(18)24-16-25-22/h8-10,16-17,20H,5-7,11-15H2,1-4H3. The fraction of sp³-hybridized carbons (Fsp3) is 0.609. The summed E-state index contributed by atoms with van der Waals surface area (Å²) < 4.78 is 35.1. The van der Waals surface area contributed by atoms with Gasteiger partial charge in [0.15, 0.2) is 5.66 Å². The molecular formula is C23H34N3O6P. The Labute approximate surface area is 195 Å². The summed E-state index contributed by atoms with van der Waals surface area (Å²) in [6, 6.07) is 5.82. The molecule has 2 heterocycles. The Bertz CT molecular complexity index is 970. The van der Waals surface area contributed by atoms with Gasteiger partial charge in [0.2, 0.25) is 0 Å². The van der Waals surface area contributed by atoms with Crippen molar-refractivity contribution in [3.63, 3.8) is 0 Å². The summed E-state index contributed by atoms with van der Waals surface area (Å²) in [7, 11) is -1.99. The number of methoxy groups -OCH3 is 1. The first-order valence-electron chi connectivity index (χ1n) is 11.5. The van der Waals surface area contributed by atoms with Gasteiger partial charge in [-0.25, -0.2) is 9.97 Å². The van der Waals surface area contributed by atoms with E-state index in [2.05, 4.69) is 14.9 Å². The summed E-state index contributed by atoms with van der Waals surface area (Å²) in [5.41, 5.74) is -0.137. The first kappa shape index (κ1) is 25.4. The van der Waals surface area contributed by atoms with Crippen LogP contribution in [0.5, 0.6) is 5.75 Å². The van der Waals surface area contributed by atoms with E-state index < -0.39 is 19.2 Å². The maximum Gasteiger partial charge on any atom is 0.344 e. The molecule has 1 saturated heterocycles. The summed E-state index contributed by atoms with van der Waals surface area (Å²) in [4.78, 5) is 23.9. The Balaban J connectivity index is 1.75. The quantitative estimate of drug-likeness (QED) is 0.342. The molecule has 1 aliphatic rings. The highest BCUT2D eigenvalue weighted by atomic mass is 31.2. The van der Waals surface area contributed by atoms with Crippen LogP contribution in [0.15, 0.2) is 24.5 Å². The SMILES string of the molecule is CCOC(=O)C(CC1CCN(c2ncnc3c(OC)cccc23)CC1)P(=O)(OCC)OCC. The van der Waals surface area contributed by atoms with E-state index in [-0.39, 0.29) is 25.7 Å². The van der Waals surface area contributed by atoms with Crippen LogP contribution in [0.3, 0.4) is 0 Å². The van der Waals surface area contributed by atoms with Gasteiger partial charge < -0.3 is 23.4 Å². The Hall–Kier alpha value is -2.22. The lowest BCUT2D eigenvalue weighted by molar-refractivity contribution is -0.143. The summed E-state index contributed by atoms with van der Waals surface area (Å²) in [6.45, 7) is 7.37. The molecule has 1 aromatic carbocycles. The van der Waals surface area contributed by atoms with E-state index in [1.807, 2.05) is 18.2 Å². The predicted molar refractivity (Wildman–Crippen MR) is 127 cm³/mol. The van der Waals surface area contributed by atoms with Crippen LogP contribution in [0.2, 0.25) is 0 Å². The van der Waals surface area contributed by atoms with Crippen LogP contribution in [-0.2, 0) is 23.1 Å². The van der Waals surface area contributed by atoms with Gasteiger partial charge >= 0.3 is 13.6 Å².